The molecule has 1 N–H and O–H groups in total. The lowest BCUT2D eigenvalue weighted by Gasteiger charge is -2.44. The number of hydrogen-bond donors (Lipinski definition) is 1. The van der Waals surface area contributed by atoms with E-state index in [0.29, 0.717) is 31.8 Å². The molecule has 4 rings (SSSR count). The highest BCUT2D eigenvalue weighted by Crippen LogP contribution is 2.43. The SMILES string of the molecule is CC[NH+]1CCN(C(=O)C2c3ccccc3C(=O)N(CCOC)C2c2ccc(F)cc2)CC1. The minimum absolute atomic E-state index is 0.0249. The Labute approximate surface area is 188 Å². The summed E-state index contributed by atoms with van der Waals surface area (Å²) in [4.78, 5) is 32.6. The molecule has 2 unspecified atom stereocenters. The molecule has 1 fully saturated rings. The van der Waals surface area contributed by atoms with Crippen LogP contribution in [0.15, 0.2) is 48.5 Å². The van der Waals surface area contributed by atoms with Crippen LogP contribution in [0.5, 0.6) is 0 Å². The van der Waals surface area contributed by atoms with Crippen LogP contribution in [0.1, 0.15) is 40.4 Å². The van der Waals surface area contributed by atoms with Gasteiger partial charge >= 0.3 is 0 Å². The maximum Gasteiger partial charge on any atom is 0.254 e. The van der Waals surface area contributed by atoms with E-state index in [1.165, 1.54) is 17.0 Å². The van der Waals surface area contributed by atoms with E-state index in [1.807, 2.05) is 23.1 Å². The summed E-state index contributed by atoms with van der Waals surface area (Å²) in [6, 6.07) is 13.0. The van der Waals surface area contributed by atoms with Crippen molar-refractivity contribution < 1.29 is 23.6 Å². The Bertz CT molecular complexity index is 957. The van der Waals surface area contributed by atoms with E-state index < -0.39 is 12.0 Å². The lowest BCUT2D eigenvalue weighted by atomic mass is 9.78. The highest BCUT2D eigenvalue weighted by molar-refractivity contribution is 6.01. The van der Waals surface area contributed by atoms with Gasteiger partial charge in [0.25, 0.3) is 5.91 Å². The summed E-state index contributed by atoms with van der Waals surface area (Å²) < 4.78 is 19.0. The monoisotopic (exact) mass is 440 g/mol. The number of quaternary nitrogens is 1. The lowest BCUT2D eigenvalue weighted by Crippen LogP contribution is -3.14. The summed E-state index contributed by atoms with van der Waals surface area (Å²) in [6.45, 7) is 7.15. The summed E-state index contributed by atoms with van der Waals surface area (Å²) in [6.07, 6.45) is 0. The number of halogens is 1. The van der Waals surface area contributed by atoms with Gasteiger partial charge in [0.2, 0.25) is 5.91 Å². The third kappa shape index (κ3) is 4.27. The molecule has 2 aliphatic rings. The number of carbonyl (C=O) groups excluding carboxylic acids is 2. The van der Waals surface area contributed by atoms with Crippen LogP contribution in [0.3, 0.4) is 0 Å². The molecular formula is C25H31FN3O3+. The normalized spacial score (nSPS) is 21.5. The van der Waals surface area contributed by atoms with E-state index in [-0.39, 0.29) is 17.6 Å². The van der Waals surface area contributed by atoms with Crippen LogP contribution in [-0.4, -0.2) is 74.6 Å². The van der Waals surface area contributed by atoms with Gasteiger partial charge in [0.1, 0.15) is 5.82 Å². The van der Waals surface area contributed by atoms with Gasteiger partial charge < -0.3 is 19.4 Å². The van der Waals surface area contributed by atoms with Crippen LogP contribution >= 0.6 is 0 Å². The van der Waals surface area contributed by atoms with Crippen LogP contribution < -0.4 is 4.90 Å². The molecule has 2 aromatic rings. The third-order valence-corrected chi connectivity index (χ3v) is 6.73. The van der Waals surface area contributed by atoms with Crippen molar-refractivity contribution in [3.63, 3.8) is 0 Å². The van der Waals surface area contributed by atoms with Crippen LogP contribution in [0.4, 0.5) is 4.39 Å². The molecule has 2 heterocycles. The molecule has 2 aromatic carbocycles. The Balaban J connectivity index is 1.78. The number of carbonyl (C=O) groups is 2. The number of piperazine rings is 1. The number of amides is 2. The van der Waals surface area contributed by atoms with Crippen molar-refractivity contribution in [2.45, 2.75) is 18.9 Å². The zero-order valence-electron chi connectivity index (χ0n) is 18.7. The van der Waals surface area contributed by atoms with Crippen molar-refractivity contribution in [3.8, 4) is 0 Å². The molecule has 2 aliphatic heterocycles. The van der Waals surface area contributed by atoms with Crippen molar-refractivity contribution in [1.82, 2.24) is 9.80 Å². The Morgan fingerprint density at radius 2 is 1.81 bits per heavy atom. The highest BCUT2D eigenvalue weighted by atomic mass is 19.1. The van der Waals surface area contributed by atoms with E-state index in [1.54, 1.807) is 30.2 Å². The van der Waals surface area contributed by atoms with Gasteiger partial charge in [-0.25, -0.2) is 4.39 Å². The maximum atomic E-state index is 14.0. The van der Waals surface area contributed by atoms with Crippen molar-refractivity contribution in [1.29, 1.82) is 0 Å². The number of nitrogens with zero attached hydrogens (tertiary/aromatic N) is 2. The van der Waals surface area contributed by atoms with E-state index in [9.17, 15) is 14.0 Å². The van der Waals surface area contributed by atoms with Gasteiger partial charge in [-0.1, -0.05) is 30.3 Å². The Kier molecular flexibility index (Phi) is 6.86. The lowest BCUT2D eigenvalue weighted by molar-refractivity contribution is -0.902. The molecule has 1 saturated heterocycles. The zero-order valence-corrected chi connectivity index (χ0v) is 18.7. The van der Waals surface area contributed by atoms with Gasteiger partial charge in [0, 0.05) is 19.2 Å². The van der Waals surface area contributed by atoms with E-state index >= 15 is 0 Å². The summed E-state index contributed by atoms with van der Waals surface area (Å²) >= 11 is 0. The van der Waals surface area contributed by atoms with E-state index in [0.717, 1.165) is 30.8 Å². The number of nitrogens with one attached hydrogen (secondary N) is 1. The smallest absolute Gasteiger partial charge is 0.254 e. The molecule has 170 valence electrons. The highest BCUT2D eigenvalue weighted by Gasteiger charge is 2.45. The molecule has 32 heavy (non-hydrogen) atoms. The maximum absolute atomic E-state index is 14.0. The number of likely N-dealkylation sites (N-methyl/N-ethyl adjacent to an activating group) is 1. The molecule has 0 saturated carbocycles. The second-order valence-electron chi connectivity index (χ2n) is 8.48. The Hall–Kier alpha value is -2.77. The quantitative estimate of drug-likeness (QED) is 0.741. The summed E-state index contributed by atoms with van der Waals surface area (Å²) in [5.41, 5.74) is 2.05. The van der Waals surface area contributed by atoms with Gasteiger partial charge in [-0.05, 0) is 36.2 Å². The summed E-state index contributed by atoms with van der Waals surface area (Å²) in [7, 11) is 1.59. The van der Waals surface area contributed by atoms with Gasteiger partial charge in [-0.2, -0.15) is 0 Å². The first-order chi connectivity index (χ1) is 15.5. The molecule has 2 atom stereocenters. The molecule has 0 spiro atoms. The summed E-state index contributed by atoms with van der Waals surface area (Å²) in [5.74, 6) is -0.997. The molecule has 6 nitrogen and oxygen atoms in total. The third-order valence-electron chi connectivity index (χ3n) is 6.73. The van der Waals surface area contributed by atoms with Gasteiger partial charge in [0.05, 0.1) is 51.3 Å². The average molecular weight is 441 g/mol. The van der Waals surface area contributed by atoms with Gasteiger partial charge in [0.15, 0.2) is 0 Å². The number of fused-ring (bicyclic) bond motifs is 1. The Morgan fingerprint density at radius 3 is 2.47 bits per heavy atom. The predicted octanol–water partition coefficient (Wildman–Crippen LogP) is 1.50. The molecule has 7 heteroatoms. The molecule has 0 aromatic heterocycles. The van der Waals surface area contributed by atoms with Gasteiger partial charge in [-0.15, -0.1) is 0 Å². The number of methoxy groups -OCH3 is 1. The van der Waals surface area contributed by atoms with Crippen molar-refractivity contribution >= 4 is 11.8 Å². The largest absolute Gasteiger partial charge is 0.383 e. The standard InChI is InChI=1S/C25H30FN3O3/c1-3-27-12-14-28(15-13-27)25(31)22-20-6-4-5-7-21(20)24(30)29(16-17-32-2)23(22)18-8-10-19(26)11-9-18/h4-11,22-23H,3,12-17H2,1-2H3/p+1. The van der Waals surface area contributed by atoms with Crippen LogP contribution in [0, 0.1) is 5.82 Å². The van der Waals surface area contributed by atoms with Gasteiger partial charge in [-0.3, -0.25) is 9.59 Å². The molecule has 0 aliphatic carbocycles. The van der Waals surface area contributed by atoms with Crippen molar-refractivity contribution in [2.24, 2.45) is 0 Å². The topological polar surface area (TPSA) is 54.3 Å². The molecule has 0 radical (unpaired) electrons. The van der Waals surface area contributed by atoms with Crippen LogP contribution in [-0.2, 0) is 9.53 Å². The number of hydrogen-bond acceptors (Lipinski definition) is 3. The minimum Gasteiger partial charge on any atom is -0.383 e. The Morgan fingerprint density at radius 1 is 1.12 bits per heavy atom. The first-order valence-electron chi connectivity index (χ1n) is 11.3. The predicted molar refractivity (Wildman–Crippen MR) is 119 cm³/mol. The number of benzene rings is 2. The average Bonchev–Trinajstić information content (AvgIpc) is 2.83. The summed E-state index contributed by atoms with van der Waals surface area (Å²) in [5, 5.41) is 0. The first-order valence-corrected chi connectivity index (χ1v) is 11.3. The van der Waals surface area contributed by atoms with E-state index in [4.69, 9.17) is 4.74 Å². The number of rotatable bonds is 6. The molecule has 0 bridgehead atoms. The fourth-order valence-electron chi connectivity index (χ4n) is 4.92. The number of ether oxygens (including phenoxy) is 1. The second kappa shape index (κ2) is 9.79. The zero-order chi connectivity index (χ0) is 22.7. The fourth-order valence-corrected chi connectivity index (χ4v) is 4.92. The second-order valence-corrected chi connectivity index (χ2v) is 8.48. The van der Waals surface area contributed by atoms with Crippen molar-refractivity contribution in [3.05, 3.63) is 71.0 Å². The van der Waals surface area contributed by atoms with E-state index in [2.05, 4.69) is 6.92 Å². The minimum atomic E-state index is -0.547. The van der Waals surface area contributed by atoms with Crippen LogP contribution in [0.2, 0.25) is 0 Å². The fraction of sp³-hybridized carbons (Fsp3) is 0.440. The molecular weight excluding hydrogens is 409 g/mol. The molecule has 2 amide bonds. The first kappa shape index (κ1) is 22.4. The van der Waals surface area contributed by atoms with Crippen LogP contribution in [0.25, 0.3) is 0 Å². The van der Waals surface area contributed by atoms with Crippen molar-refractivity contribution in [2.75, 3.05) is 53.0 Å².